The molecule has 2 amide bonds. The Labute approximate surface area is 133 Å². The monoisotopic (exact) mass is 348 g/mol. The number of nitrogens with one attached hydrogen (secondary N) is 2. The predicted octanol–water partition coefficient (Wildman–Crippen LogP) is -0.887. The summed E-state index contributed by atoms with van der Waals surface area (Å²) in [4.78, 5) is 50.9. The fraction of sp³-hybridized carbons (Fsp3) is 0.462. The third kappa shape index (κ3) is 12.4. The lowest BCUT2D eigenvalue weighted by Crippen LogP contribution is -2.41. The van der Waals surface area contributed by atoms with Crippen molar-refractivity contribution in [2.75, 3.05) is 25.9 Å². The molecular formula is C13H21N2O7P. The SMILES string of the molecule is C=CC(=O)NCC(CNC(=O)C=C)OCCC(=O)CP(=O)(O)O. The van der Waals surface area contributed by atoms with E-state index in [1.165, 1.54) is 0 Å². The zero-order valence-electron chi connectivity index (χ0n) is 12.6. The fourth-order valence-corrected chi connectivity index (χ4v) is 2.03. The molecule has 23 heavy (non-hydrogen) atoms. The number of ether oxygens (including phenoxy) is 1. The largest absolute Gasteiger partial charge is 0.374 e. The van der Waals surface area contributed by atoms with Crippen molar-refractivity contribution in [3.05, 3.63) is 25.3 Å². The van der Waals surface area contributed by atoms with Gasteiger partial charge in [-0.15, -0.1) is 0 Å². The summed E-state index contributed by atoms with van der Waals surface area (Å²) in [5.41, 5.74) is 0. The van der Waals surface area contributed by atoms with Crippen LogP contribution in [0.1, 0.15) is 6.42 Å². The number of carbonyl (C=O) groups is 3. The summed E-state index contributed by atoms with van der Waals surface area (Å²) in [6.07, 6.45) is 0.491. The molecule has 0 rings (SSSR count). The lowest BCUT2D eigenvalue weighted by Gasteiger charge is -2.18. The minimum atomic E-state index is -4.39. The lowest BCUT2D eigenvalue weighted by atomic mass is 10.3. The van der Waals surface area contributed by atoms with Crippen molar-refractivity contribution >= 4 is 25.2 Å². The molecular weight excluding hydrogens is 327 g/mol. The Hall–Kier alpha value is -1.80. The Kier molecular flexibility index (Phi) is 10.00. The molecule has 10 heteroatoms. The van der Waals surface area contributed by atoms with Crippen molar-refractivity contribution < 1.29 is 33.5 Å². The van der Waals surface area contributed by atoms with Crippen LogP contribution >= 0.6 is 7.60 Å². The molecule has 130 valence electrons. The van der Waals surface area contributed by atoms with Crippen molar-refractivity contribution in [3.63, 3.8) is 0 Å². The van der Waals surface area contributed by atoms with E-state index in [9.17, 15) is 18.9 Å². The Balaban J connectivity index is 4.32. The third-order valence-corrected chi connectivity index (χ3v) is 3.26. The molecule has 0 fully saturated rings. The van der Waals surface area contributed by atoms with Gasteiger partial charge in [0.25, 0.3) is 0 Å². The highest BCUT2D eigenvalue weighted by molar-refractivity contribution is 7.52. The van der Waals surface area contributed by atoms with E-state index in [4.69, 9.17) is 14.5 Å². The van der Waals surface area contributed by atoms with Crippen molar-refractivity contribution in [1.82, 2.24) is 10.6 Å². The molecule has 0 aliphatic rings. The van der Waals surface area contributed by atoms with Crippen LogP contribution in [0.3, 0.4) is 0 Å². The molecule has 4 N–H and O–H groups in total. The number of hydrogen-bond acceptors (Lipinski definition) is 5. The van der Waals surface area contributed by atoms with Gasteiger partial charge in [-0.2, -0.15) is 0 Å². The molecule has 0 bridgehead atoms. The lowest BCUT2D eigenvalue weighted by molar-refractivity contribution is -0.120. The Bertz CT molecular complexity index is 477. The summed E-state index contributed by atoms with van der Waals surface area (Å²) in [5, 5.41) is 4.96. The summed E-state index contributed by atoms with van der Waals surface area (Å²) in [6, 6.07) is 0. The summed E-state index contributed by atoms with van der Waals surface area (Å²) >= 11 is 0. The van der Waals surface area contributed by atoms with Crippen LogP contribution in [0.25, 0.3) is 0 Å². The molecule has 0 saturated carbocycles. The first-order valence-electron chi connectivity index (χ1n) is 6.66. The Morgan fingerprint density at radius 3 is 1.96 bits per heavy atom. The van der Waals surface area contributed by atoms with E-state index in [1.807, 2.05) is 0 Å². The van der Waals surface area contributed by atoms with Crippen LogP contribution in [0.2, 0.25) is 0 Å². The maximum absolute atomic E-state index is 11.3. The Morgan fingerprint density at radius 1 is 1.09 bits per heavy atom. The smallest absolute Gasteiger partial charge is 0.332 e. The highest BCUT2D eigenvalue weighted by atomic mass is 31.2. The van der Waals surface area contributed by atoms with Crippen molar-refractivity contribution in [2.45, 2.75) is 12.5 Å². The molecule has 0 spiro atoms. The standard InChI is InChI=1S/C13H21N2O7P/c1-3-12(17)14-7-11(8-15-13(18)4-2)22-6-5-10(16)9-23(19,20)21/h3-4,11H,1-2,5-9H2,(H,14,17)(H,15,18)(H2,19,20,21). The van der Waals surface area contributed by atoms with E-state index in [-0.39, 0.29) is 26.1 Å². The number of Topliss-reactive ketones (excluding diaryl/α,β-unsaturated/α-hetero) is 1. The van der Waals surface area contributed by atoms with Gasteiger partial charge < -0.3 is 25.2 Å². The van der Waals surface area contributed by atoms with E-state index in [0.29, 0.717) is 0 Å². The van der Waals surface area contributed by atoms with Gasteiger partial charge in [0.05, 0.1) is 12.7 Å². The van der Waals surface area contributed by atoms with E-state index in [0.717, 1.165) is 12.2 Å². The number of amides is 2. The van der Waals surface area contributed by atoms with Gasteiger partial charge in [-0.1, -0.05) is 13.2 Å². The van der Waals surface area contributed by atoms with Crippen molar-refractivity contribution in [2.24, 2.45) is 0 Å². The average molecular weight is 348 g/mol. The zero-order chi connectivity index (χ0) is 17.9. The quantitative estimate of drug-likeness (QED) is 0.265. The number of hydrogen-bond donors (Lipinski definition) is 4. The van der Waals surface area contributed by atoms with Gasteiger partial charge in [0.2, 0.25) is 11.8 Å². The molecule has 0 aliphatic heterocycles. The first-order chi connectivity index (χ1) is 10.7. The third-order valence-electron chi connectivity index (χ3n) is 2.50. The first-order valence-corrected chi connectivity index (χ1v) is 8.46. The minimum absolute atomic E-state index is 0.0644. The van der Waals surface area contributed by atoms with Crippen LogP contribution in [0, 0.1) is 0 Å². The first kappa shape index (κ1) is 21.2. The second kappa shape index (κ2) is 10.8. The van der Waals surface area contributed by atoms with Crippen LogP contribution < -0.4 is 10.6 Å². The van der Waals surface area contributed by atoms with E-state index in [2.05, 4.69) is 23.8 Å². The van der Waals surface area contributed by atoms with Gasteiger partial charge in [0, 0.05) is 19.5 Å². The normalized spacial score (nSPS) is 10.9. The second-order valence-corrected chi connectivity index (χ2v) is 6.15. The summed E-state index contributed by atoms with van der Waals surface area (Å²) in [6.45, 7) is 6.61. The van der Waals surface area contributed by atoms with E-state index < -0.39 is 37.5 Å². The Morgan fingerprint density at radius 2 is 1.57 bits per heavy atom. The van der Waals surface area contributed by atoms with Crippen LogP contribution in [0.5, 0.6) is 0 Å². The molecule has 0 radical (unpaired) electrons. The summed E-state index contributed by atoms with van der Waals surface area (Å²) in [7, 11) is -4.39. The average Bonchev–Trinajstić information content (AvgIpc) is 2.46. The summed E-state index contributed by atoms with van der Waals surface area (Å²) in [5.74, 6) is -1.49. The van der Waals surface area contributed by atoms with Crippen LogP contribution in [0.15, 0.2) is 25.3 Å². The molecule has 0 saturated heterocycles. The highest BCUT2D eigenvalue weighted by Crippen LogP contribution is 2.34. The van der Waals surface area contributed by atoms with Gasteiger partial charge >= 0.3 is 7.60 Å². The van der Waals surface area contributed by atoms with Crippen LogP contribution in [-0.4, -0.2) is 59.3 Å². The molecule has 0 aromatic carbocycles. The molecule has 0 heterocycles. The maximum atomic E-state index is 11.3. The van der Waals surface area contributed by atoms with E-state index >= 15 is 0 Å². The van der Waals surface area contributed by atoms with Gasteiger partial charge in [-0.25, -0.2) is 0 Å². The van der Waals surface area contributed by atoms with Gasteiger partial charge in [-0.3, -0.25) is 18.9 Å². The number of carbonyl (C=O) groups excluding carboxylic acids is 3. The molecule has 0 aliphatic carbocycles. The molecule has 0 aromatic heterocycles. The van der Waals surface area contributed by atoms with Crippen molar-refractivity contribution in [3.8, 4) is 0 Å². The van der Waals surface area contributed by atoms with Gasteiger partial charge in [0.1, 0.15) is 11.9 Å². The van der Waals surface area contributed by atoms with Crippen molar-refractivity contribution in [1.29, 1.82) is 0 Å². The molecule has 0 aromatic rings. The molecule has 9 nitrogen and oxygen atoms in total. The zero-order valence-corrected chi connectivity index (χ0v) is 13.5. The number of ketones is 1. The second-order valence-electron chi connectivity index (χ2n) is 4.50. The summed E-state index contributed by atoms with van der Waals surface area (Å²) < 4.78 is 16.0. The molecule has 0 unspecified atom stereocenters. The topological polar surface area (TPSA) is 142 Å². The van der Waals surface area contributed by atoms with E-state index in [1.54, 1.807) is 0 Å². The van der Waals surface area contributed by atoms with Crippen LogP contribution in [0.4, 0.5) is 0 Å². The fourth-order valence-electron chi connectivity index (χ4n) is 1.41. The predicted molar refractivity (Wildman–Crippen MR) is 82.7 cm³/mol. The van der Waals surface area contributed by atoms with Crippen LogP contribution in [-0.2, 0) is 23.7 Å². The van der Waals surface area contributed by atoms with Gasteiger partial charge in [0.15, 0.2) is 0 Å². The maximum Gasteiger partial charge on any atom is 0.332 e. The minimum Gasteiger partial charge on any atom is -0.374 e. The molecule has 0 atom stereocenters. The van der Waals surface area contributed by atoms with Gasteiger partial charge in [-0.05, 0) is 12.2 Å². The highest BCUT2D eigenvalue weighted by Gasteiger charge is 2.19. The number of rotatable bonds is 12.